The van der Waals surface area contributed by atoms with Crippen LogP contribution in [0.2, 0.25) is 0 Å². The largest absolute Gasteiger partial charge is 0.314 e. The van der Waals surface area contributed by atoms with E-state index in [9.17, 15) is 0 Å². The van der Waals surface area contributed by atoms with E-state index in [2.05, 4.69) is 25.2 Å². The maximum absolute atomic E-state index is 8.42. The maximum atomic E-state index is 8.42. The van der Waals surface area contributed by atoms with E-state index in [1.54, 1.807) is 0 Å². The first-order valence-electron chi connectivity index (χ1n) is 3.79. The Balaban J connectivity index is 3.13. The van der Waals surface area contributed by atoms with Gasteiger partial charge in [0.15, 0.2) is 0 Å². The molecule has 0 rings (SSSR count). The van der Waals surface area contributed by atoms with Crippen LogP contribution >= 0.6 is 0 Å². The summed E-state index contributed by atoms with van der Waals surface area (Å²) in [5.41, 5.74) is 0. The van der Waals surface area contributed by atoms with Gasteiger partial charge < -0.3 is 5.32 Å². The summed E-state index contributed by atoms with van der Waals surface area (Å²) in [7, 11) is 0. The van der Waals surface area contributed by atoms with E-state index in [-0.39, 0.29) is 5.92 Å². The quantitative estimate of drug-likeness (QED) is 0.643. The lowest BCUT2D eigenvalue weighted by Gasteiger charge is -2.07. The highest BCUT2D eigenvalue weighted by molar-refractivity contribution is 4.78. The number of hydrogen-bond donors (Lipinski definition) is 1. The summed E-state index contributed by atoms with van der Waals surface area (Å²) < 4.78 is 0. The van der Waals surface area contributed by atoms with E-state index in [1.807, 2.05) is 6.92 Å². The molecule has 2 nitrogen and oxygen atoms in total. The van der Waals surface area contributed by atoms with Gasteiger partial charge in [0.1, 0.15) is 0 Å². The Morgan fingerprint density at radius 1 is 1.40 bits per heavy atom. The molecule has 1 atom stereocenters. The predicted molar refractivity (Wildman–Crippen MR) is 42.5 cm³/mol. The minimum atomic E-state index is 0.186. The Labute approximate surface area is 63.2 Å². The highest BCUT2D eigenvalue weighted by Gasteiger charge is 1.98. The zero-order chi connectivity index (χ0) is 7.98. The fraction of sp³-hybridized carbons (Fsp3) is 0.875. The lowest BCUT2D eigenvalue weighted by atomic mass is 10.1. The standard InChI is InChI=1S/C8H16N2/c1-7(2)10-5-4-8(3)6-9/h7-8,10H,4-5H2,1-3H3/t8-/m0/s1. The molecule has 0 bridgehead atoms. The van der Waals surface area contributed by atoms with Crippen molar-refractivity contribution < 1.29 is 0 Å². The highest BCUT2D eigenvalue weighted by atomic mass is 14.9. The Hall–Kier alpha value is -0.550. The average Bonchev–Trinajstić information content (AvgIpc) is 1.87. The van der Waals surface area contributed by atoms with Gasteiger partial charge in [-0.15, -0.1) is 0 Å². The number of rotatable bonds is 4. The van der Waals surface area contributed by atoms with Crippen molar-refractivity contribution in [2.24, 2.45) is 5.92 Å². The Kier molecular flexibility index (Phi) is 4.96. The third kappa shape index (κ3) is 5.58. The average molecular weight is 140 g/mol. The Morgan fingerprint density at radius 2 is 2.00 bits per heavy atom. The second-order valence-corrected chi connectivity index (χ2v) is 2.93. The summed E-state index contributed by atoms with van der Waals surface area (Å²) in [6, 6.07) is 2.73. The molecule has 0 saturated heterocycles. The van der Waals surface area contributed by atoms with Gasteiger partial charge in [0.05, 0.1) is 6.07 Å². The first-order valence-corrected chi connectivity index (χ1v) is 3.79. The molecule has 2 heteroatoms. The van der Waals surface area contributed by atoms with Crippen LogP contribution in [0.1, 0.15) is 27.2 Å². The summed E-state index contributed by atoms with van der Waals surface area (Å²) >= 11 is 0. The van der Waals surface area contributed by atoms with Crippen LogP contribution in [-0.4, -0.2) is 12.6 Å². The van der Waals surface area contributed by atoms with E-state index in [4.69, 9.17) is 5.26 Å². The van der Waals surface area contributed by atoms with Gasteiger partial charge in [-0.3, -0.25) is 0 Å². The van der Waals surface area contributed by atoms with Crippen molar-refractivity contribution in [2.75, 3.05) is 6.54 Å². The van der Waals surface area contributed by atoms with Crippen LogP contribution < -0.4 is 5.32 Å². The SMILES string of the molecule is CC(C)NCC[C@H](C)C#N. The molecule has 0 saturated carbocycles. The van der Waals surface area contributed by atoms with Crippen molar-refractivity contribution >= 4 is 0 Å². The molecule has 0 fully saturated rings. The van der Waals surface area contributed by atoms with Crippen LogP contribution in [0.3, 0.4) is 0 Å². The lowest BCUT2D eigenvalue weighted by Crippen LogP contribution is -2.24. The first-order chi connectivity index (χ1) is 4.66. The zero-order valence-corrected chi connectivity index (χ0v) is 7.02. The molecule has 0 aliphatic rings. The van der Waals surface area contributed by atoms with E-state index in [1.165, 1.54) is 0 Å². The molecule has 0 aliphatic carbocycles. The predicted octanol–water partition coefficient (Wildman–Crippen LogP) is 1.53. The molecule has 1 N–H and O–H groups in total. The second kappa shape index (κ2) is 5.25. The summed E-state index contributed by atoms with van der Waals surface area (Å²) in [6.45, 7) is 7.11. The van der Waals surface area contributed by atoms with Crippen LogP contribution in [0.4, 0.5) is 0 Å². The molecule has 0 aromatic carbocycles. The number of hydrogen-bond acceptors (Lipinski definition) is 2. The minimum Gasteiger partial charge on any atom is -0.314 e. The fourth-order valence-electron chi connectivity index (χ4n) is 0.653. The zero-order valence-electron chi connectivity index (χ0n) is 7.02. The molecule has 0 amide bonds. The lowest BCUT2D eigenvalue weighted by molar-refractivity contribution is 0.533. The van der Waals surface area contributed by atoms with Gasteiger partial charge in [0.2, 0.25) is 0 Å². The van der Waals surface area contributed by atoms with E-state index >= 15 is 0 Å². The van der Waals surface area contributed by atoms with Crippen LogP contribution in [0.15, 0.2) is 0 Å². The summed E-state index contributed by atoms with van der Waals surface area (Å²) in [5, 5.41) is 11.7. The molecule has 0 aromatic rings. The van der Waals surface area contributed by atoms with Crippen LogP contribution in [0, 0.1) is 17.2 Å². The number of nitrogens with one attached hydrogen (secondary N) is 1. The fourth-order valence-corrected chi connectivity index (χ4v) is 0.653. The first kappa shape index (κ1) is 9.45. The summed E-state index contributed by atoms with van der Waals surface area (Å²) in [6.07, 6.45) is 0.953. The number of nitriles is 1. The second-order valence-electron chi connectivity index (χ2n) is 2.93. The van der Waals surface area contributed by atoms with Gasteiger partial charge in [-0.2, -0.15) is 5.26 Å². The van der Waals surface area contributed by atoms with Crippen molar-refractivity contribution in [1.82, 2.24) is 5.32 Å². The highest BCUT2D eigenvalue weighted by Crippen LogP contribution is 1.96. The Bertz CT molecular complexity index is 113. The van der Waals surface area contributed by atoms with E-state index < -0.39 is 0 Å². The van der Waals surface area contributed by atoms with Crippen molar-refractivity contribution in [3.8, 4) is 6.07 Å². The molecule has 0 radical (unpaired) electrons. The van der Waals surface area contributed by atoms with Gasteiger partial charge >= 0.3 is 0 Å². The molecular weight excluding hydrogens is 124 g/mol. The van der Waals surface area contributed by atoms with Crippen molar-refractivity contribution in [3.63, 3.8) is 0 Å². The monoisotopic (exact) mass is 140 g/mol. The van der Waals surface area contributed by atoms with Gasteiger partial charge in [0, 0.05) is 12.0 Å². The van der Waals surface area contributed by atoms with Crippen molar-refractivity contribution in [3.05, 3.63) is 0 Å². The molecule has 0 aliphatic heterocycles. The van der Waals surface area contributed by atoms with Crippen molar-refractivity contribution in [1.29, 1.82) is 5.26 Å². The molecule has 0 spiro atoms. The topological polar surface area (TPSA) is 35.8 Å². The Morgan fingerprint density at radius 3 is 2.40 bits per heavy atom. The molecule has 10 heavy (non-hydrogen) atoms. The van der Waals surface area contributed by atoms with Gasteiger partial charge in [0.25, 0.3) is 0 Å². The van der Waals surface area contributed by atoms with E-state index in [0.717, 1.165) is 13.0 Å². The van der Waals surface area contributed by atoms with Gasteiger partial charge in [-0.1, -0.05) is 13.8 Å². The molecule has 0 aromatic heterocycles. The minimum absolute atomic E-state index is 0.186. The molecular formula is C8H16N2. The maximum Gasteiger partial charge on any atom is 0.0653 e. The van der Waals surface area contributed by atoms with Gasteiger partial charge in [-0.25, -0.2) is 0 Å². The molecule has 0 heterocycles. The summed E-state index contributed by atoms with van der Waals surface area (Å²) in [5.74, 6) is 0.186. The normalized spacial score (nSPS) is 13.1. The summed E-state index contributed by atoms with van der Waals surface area (Å²) in [4.78, 5) is 0. The molecule has 0 unspecified atom stereocenters. The van der Waals surface area contributed by atoms with Crippen LogP contribution in [0.5, 0.6) is 0 Å². The molecule has 58 valence electrons. The number of nitrogens with zero attached hydrogens (tertiary/aromatic N) is 1. The smallest absolute Gasteiger partial charge is 0.0653 e. The third-order valence-electron chi connectivity index (χ3n) is 1.35. The van der Waals surface area contributed by atoms with Crippen LogP contribution in [0.25, 0.3) is 0 Å². The van der Waals surface area contributed by atoms with Gasteiger partial charge in [-0.05, 0) is 19.9 Å². The van der Waals surface area contributed by atoms with E-state index in [0.29, 0.717) is 6.04 Å². The third-order valence-corrected chi connectivity index (χ3v) is 1.35. The van der Waals surface area contributed by atoms with Crippen LogP contribution in [-0.2, 0) is 0 Å². The van der Waals surface area contributed by atoms with Crippen molar-refractivity contribution in [2.45, 2.75) is 33.2 Å².